The molecule has 4 nitrogen and oxygen atoms in total. The molecule has 0 aliphatic carbocycles. The highest BCUT2D eigenvalue weighted by Crippen LogP contribution is 2.21. The molecule has 3 aromatic rings. The van der Waals surface area contributed by atoms with Gasteiger partial charge in [0.15, 0.2) is 0 Å². The molecule has 25 heavy (non-hydrogen) atoms. The Morgan fingerprint density at radius 3 is 2.64 bits per heavy atom. The van der Waals surface area contributed by atoms with Crippen molar-refractivity contribution in [1.29, 1.82) is 0 Å². The van der Waals surface area contributed by atoms with Gasteiger partial charge >= 0.3 is 0 Å². The van der Waals surface area contributed by atoms with E-state index in [-0.39, 0.29) is 5.91 Å². The van der Waals surface area contributed by atoms with Crippen LogP contribution in [-0.2, 0) is 0 Å². The largest absolute Gasteiger partial charge is 0.354 e. The fourth-order valence-corrected chi connectivity index (χ4v) is 2.83. The van der Waals surface area contributed by atoms with Crippen LogP contribution in [0.3, 0.4) is 0 Å². The number of carbonyl (C=O) groups is 1. The van der Waals surface area contributed by atoms with Crippen molar-refractivity contribution >= 4 is 38.9 Å². The normalized spacial score (nSPS) is 10.4. The summed E-state index contributed by atoms with van der Waals surface area (Å²) in [5.41, 5.74) is 5.12. The second-order valence-corrected chi connectivity index (χ2v) is 6.79. The fraction of sp³-hybridized carbons (Fsp3) is 0.100. The molecule has 0 aliphatic heterocycles. The number of nitrogens with zero attached hydrogens (tertiary/aromatic N) is 1. The zero-order valence-electron chi connectivity index (χ0n) is 14.0. The molecular weight excluding hydrogens is 378 g/mol. The number of carbonyl (C=O) groups excluding carboxylic acids is 1. The van der Waals surface area contributed by atoms with Gasteiger partial charge in [-0.2, -0.15) is 0 Å². The van der Waals surface area contributed by atoms with Crippen LogP contribution >= 0.6 is 15.9 Å². The lowest BCUT2D eigenvalue weighted by Gasteiger charge is -2.11. The van der Waals surface area contributed by atoms with E-state index in [1.165, 1.54) is 0 Å². The van der Waals surface area contributed by atoms with Crippen molar-refractivity contribution in [3.8, 4) is 0 Å². The number of pyridine rings is 1. The van der Waals surface area contributed by atoms with Gasteiger partial charge in [0.25, 0.3) is 5.91 Å². The summed E-state index contributed by atoms with van der Waals surface area (Å²) in [5.74, 6) is -0.181. The number of hydrogen-bond acceptors (Lipinski definition) is 3. The average Bonchev–Trinajstić information content (AvgIpc) is 2.58. The maximum absolute atomic E-state index is 12.5. The Bertz CT molecular complexity index is 924. The highest BCUT2D eigenvalue weighted by molar-refractivity contribution is 9.10. The molecule has 0 saturated carbocycles. The summed E-state index contributed by atoms with van der Waals surface area (Å²) in [4.78, 5) is 16.7. The molecule has 2 N–H and O–H groups in total. The van der Waals surface area contributed by atoms with Crippen LogP contribution in [0, 0.1) is 13.8 Å². The lowest BCUT2D eigenvalue weighted by atomic mass is 10.1. The minimum atomic E-state index is -0.181. The molecule has 126 valence electrons. The van der Waals surface area contributed by atoms with Gasteiger partial charge in [0.2, 0.25) is 0 Å². The van der Waals surface area contributed by atoms with E-state index in [1.807, 2.05) is 56.3 Å². The summed E-state index contributed by atoms with van der Waals surface area (Å²) >= 11 is 3.44. The van der Waals surface area contributed by atoms with Gasteiger partial charge < -0.3 is 10.6 Å². The molecule has 1 heterocycles. The minimum Gasteiger partial charge on any atom is -0.354 e. The zero-order valence-corrected chi connectivity index (χ0v) is 15.6. The maximum Gasteiger partial charge on any atom is 0.257 e. The van der Waals surface area contributed by atoms with Crippen molar-refractivity contribution in [1.82, 2.24) is 4.98 Å². The Balaban J connectivity index is 1.78. The summed E-state index contributed by atoms with van der Waals surface area (Å²) in [6.07, 6.45) is 3.25. The lowest BCUT2D eigenvalue weighted by molar-refractivity contribution is 0.102. The molecule has 1 amide bonds. The minimum absolute atomic E-state index is 0.181. The van der Waals surface area contributed by atoms with Gasteiger partial charge in [-0.15, -0.1) is 0 Å². The first-order chi connectivity index (χ1) is 12.0. The third-order valence-corrected chi connectivity index (χ3v) is 4.25. The van der Waals surface area contributed by atoms with E-state index in [9.17, 15) is 4.79 Å². The highest BCUT2D eigenvalue weighted by Gasteiger charge is 2.09. The Morgan fingerprint density at radius 1 is 1.00 bits per heavy atom. The smallest absolute Gasteiger partial charge is 0.257 e. The third kappa shape index (κ3) is 4.45. The predicted molar refractivity (Wildman–Crippen MR) is 106 cm³/mol. The van der Waals surface area contributed by atoms with E-state index in [0.717, 1.165) is 32.7 Å². The number of halogens is 1. The molecule has 0 saturated heterocycles. The van der Waals surface area contributed by atoms with Crippen LogP contribution < -0.4 is 10.6 Å². The molecule has 0 aliphatic rings. The Hall–Kier alpha value is -2.66. The number of aryl methyl sites for hydroxylation is 2. The third-order valence-electron chi connectivity index (χ3n) is 3.76. The molecule has 0 spiro atoms. The highest BCUT2D eigenvalue weighted by atomic mass is 79.9. The maximum atomic E-state index is 12.5. The molecule has 3 rings (SSSR count). The van der Waals surface area contributed by atoms with Gasteiger partial charge in [0, 0.05) is 22.0 Å². The summed E-state index contributed by atoms with van der Waals surface area (Å²) in [7, 11) is 0. The number of hydrogen-bond donors (Lipinski definition) is 2. The average molecular weight is 396 g/mol. The van der Waals surface area contributed by atoms with Crippen LogP contribution in [0.25, 0.3) is 0 Å². The van der Waals surface area contributed by atoms with E-state index < -0.39 is 0 Å². The first-order valence-corrected chi connectivity index (χ1v) is 8.67. The Kier molecular flexibility index (Phi) is 5.14. The van der Waals surface area contributed by atoms with Gasteiger partial charge in [0.05, 0.1) is 17.4 Å². The van der Waals surface area contributed by atoms with Crippen molar-refractivity contribution in [2.75, 3.05) is 10.6 Å². The second-order valence-electron chi connectivity index (χ2n) is 5.87. The molecule has 0 unspecified atom stereocenters. The number of rotatable bonds is 4. The molecule has 0 bridgehead atoms. The Labute approximate surface area is 155 Å². The number of benzene rings is 2. The van der Waals surface area contributed by atoms with Gasteiger partial charge in [-0.3, -0.25) is 9.78 Å². The first-order valence-electron chi connectivity index (χ1n) is 7.87. The SMILES string of the molecule is Cc1ccc(C)c(NC(=O)c2cncc(Nc3cccc(Br)c3)c2)c1. The molecule has 0 fully saturated rings. The molecule has 0 radical (unpaired) electrons. The van der Waals surface area contributed by atoms with Crippen LogP contribution in [0.4, 0.5) is 17.1 Å². The lowest BCUT2D eigenvalue weighted by Crippen LogP contribution is -2.13. The number of aromatic nitrogens is 1. The van der Waals surface area contributed by atoms with E-state index in [2.05, 4.69) is 31.5 Å². The van der Waals surface area contributed by atoms with Gasteiger partial charge in [-0.1, -0.05) is 34.1 Å². The van der Waals surface area contributed by atoms with Crippen LogP contribution in [-0.4, -0.2) is 10.9 Å². The standard InChI is InChI=1S/C20H18BrN3O/c1-13-6-7-14(2)19(8-13)24-20(25)15-9-18(12-22-11-15)23-17-5-3-4-16(21)10-17/h3-12,23H,1-2H3,(H,24,25). The quantitative estimate of drug-likeness (QED) is 0.616. The second kappa shape index (κ2) is 7.49. The molecule has 1 aromatic heterocycles. The van der Waals surface area contributed by atoms with Crippen LogP contribution in [0.15, 0.2) is 65.4 Å². The fourth-order valence-electron chi connectivity index (χ4n) is 2.43. The van der Waals surface area contributed by atoms with Crippen molar-refractivity contribution in [2.24, 2.45) is 0 Å². The van der Waals surface area contributed by atoms with E-state index in [4.69, 9.17) is 0 Å². The first kappa shape index (κ1) is 17.2. The van der Waals surface area contributed by atoms with E-state index in [1.54, 1.807) is 18.5 Å². The number of anilines is 3. The topological polar surface area (TPSA) is 54.0 Å². The number of nitrogens with one attached hydrogen (secondary N) is 2. The zero-order chi connectivity index (χ0) is 17.8. The van der Waals surface area contributed by atoms with E-state index >= 15 is 0 Å². The van der Waals surface area contributed by atoms with Gasteiger partial charge in [-0.05, 0) is 55.3 Å². The van der Waals surface area contributed by atoms with Crippen molar-refractivity contribution in [3.05, 3.63) is 82.1 Å². The van der Waals surface area contributed by atoms with Crippen LogP contribution in [0.2, 0.25) is 0 Å². The van der Waals surface area contributed by atoms with Crippen molar-refractivity contribution in [2.45, 2.75) is 13.8 Å². The summed E-state index contributed by atoms with van der Waals surface area (Å²) < 4.78 is 0.981. The number of amides is 1. The monoisotopic (exact) mass is 395 g/mol. The van der Waals surface area contributed by atoms with Crippen LogP contribution in [0.1, 0.15) is 21.5 Å². The molecule has 5 heteroatoms. The van der Waals surface area contributed by atoms with Crippen molar-refractivity contribution < 1.29 is 4.79 Å². The predicted octanol–water partition coefficient (Wildman–Crippen LogP) is 5.46. The molecule has 2 aromatic carbocycles. The van der Waals surface area contributed by atoms with E-state index in [0.29, 0.717) is 5.56 Å². The summed E-state index contributed by atoms with van der Waals surface area (Å²) in [5, 5.41) is 6.21. The molecule has 0 atom stereocenters. The van der Waals surface area contributed by atoms with Gasteiger partial charge in [0.1, 0.15) is 0 Å². The summed E-state index contributed by atoms with van der Waals surface area (Å²) in [6.45, 7) is 3.97. The van der Waals surface area contributed by atoms with Crippen LogP contribution in [0.5, 0.6) is 0 Å². The molecular formula is C20H18BrN3O. The Morgan fingerprint density at radius 2 is 1.84 bits per heavy atom. The van der Waals surface area contributed by atoms with Gasteiger partial charge in [-0.25, -0.2) is 0 Å². The summed E-state index contributed by atoms with van der Waals surface area (Å²) in [6, 6.07) is 15.6. The van der Waals surface area contributed by atoms with Crippen molar-refractivity contribution in [3.63, 3.8) is 0 Å².